The van der Waals surface area contributed by atoms with Crippen molar-refractivity contribution in [1.29, 1.82) is 0 Å². The van der Waals surface area contributed by atoms with Crippen molar-refractivity contribution in [1.82, 2.24) is 10.3 Å². The van der Waals surface area contributed by atoms with Gasteiger partial charge in [0.05, 0.1) is 24.0 Å². The van der Waals surface area contributed by atoms with Crippen molar-refractivity contribution in [3.8, 4) is 0 Å². The lowest BCUT2D eigenvalue weighted by Gasteiger charge is -2.23. The lowest BCUT2D eigenvalue weighted by Crippen LogP contribution is -2.30. The smallest absolute Gasteiger partial charge is 0.141 e. The minimum Gasteiger partial charge on any atom is -0.387 e. The first-order valence-corrected chi connectivity index (χ1v) is 7.57. The lowest BCUT2D eigenvalue weighted by atomic mass is 10.00. The fourth-order valence-electron chi connectivity index (χ4n) is 2.07. The Bertz CT molecular complexity index is 513. The van der Waals surface area contributed by atoms with Gasteiger partial charge in [-0.3, -0.25) is 4.98 Å². The number of thiophene rings is 1. The van der Waals surface area contributed by atoms with Gasteiger partial charge in [0, 0.05) is 6.54 Å². The summed E-state index contributed by atoms with van der Waals surface area (Å²) in [6, 6.07) is 5.00. The maximum absolute atomic E-state index is 12.9. The number of aliphatic hydroxyl groups is 1. The zero-order chi connectivity index (χ0) is 14.5. The van der Waals surface area contributed by atoms with Crippen LogP contribution >= 0.6 is 11.3 Å². The Hall–Kier alpha value is -1.30. The van der Waals surface area contributed by atoms with Gasteiger partial charge in [0.1, 0.15) is 5.82 Å². The topological polar surface area (TPSA) is 45.1 Å². The summed E-state index contributed by atoms with van der Waals surface area (Å²) in [7, 11) is 0. The molecule has 2 atom stereocenters. The number of aliphatic hydroxyl groups excluding tert-OH is 1. The second-order valence-electron chi connectivity index (χ2n) is 5.10. The number of pyridine rings is 1. The maximum Gasteiger partial charge on any atom is 0.141 e. The monoisotopic (exact) mass is 294 g/mol. The number of nitrogens with one attached hydrogen (secondary N) is 1. The van der Waals surface area contributed by atoms with Gasteiger partial charge in [-0.25, -0.2) is 4.39 Å². The van der Waals surface area contributed by atoms with Gasteiger partial charge in [-0.15, -0.1) is 0 Å². The maximum atomic E-state index is 12.9. The molecule has 0 aromatic carbocycles. The van der Waals surface area contributed by atoms with Crippen LogP contribution in [-0.4, -0.2) is 16.6 Å². The van der Waals surface area contributed by atoms with Crippen LogP contribution in [0.5, 0.6) is 0 Å². The Labute approximate surface area is 122 Å². The van der Waals surface area contributed by atoms with Crippen LogP contribution < -0.4 is 5.32 Å². The molecule has 108 valence electrons. The van der Waals surface area contributed by atoms with Crippen LogP contribution in [-0.2, 0) is 0 Å². The van der Waals surface area contributed by atoms with Crippen molar-refractivity contribution in [3.63, 3.8) is 0 Å². The van der Waals surface area contributed by atoms with Gasteiger partial charge in [0.2, 0.25) is 0 Å². The molecule has 2 N–H and O–H groups in total. The summed E-state index contributed by atoms with van der Waals surface area (Å²) < 4.78 is 12.9. The summed E-state index contributed by atoms with van der Waals surface area (Å²) in [6.45, 7) is 4.58. The number of hydrogen-bond acceptors (Lipinski definition) is 4. The van der Waals surface area contributed by atoms with Crippen LogP contribution in [0.3, 0.4) is 0 Å². The summed E-state index contributed by atoms with van der Waals surface area (Å²) in [4.78, 5) is 4.12. The Balaban J connectivity index is 2.01. The molecule has 0 bridgehead atoms. The van der Waals surface area contributed by atoms with E-state index < -0.39 is 6.10 Å². The van der Waals surface area contributed by atoms with Crippen LogP contribution in [0.1, 0.15) is 37.3 Å². The second kappa shape index (κ2) is 6.92. The molecule has 0 saturated heterocycles. The fraction of sp³-hybridized carbons (Fsp3) is 0.400. The predicted octanol–water partition coefficient (Wildman–Crippen LogP) is 3.30. The van der Waals surface area contributed by atoms with Crippen molar-refractivity contribution < 1.29 is 9.50 Å². The number of nitrogens with zero attached hydrogens (tertiary/aromatic N) is 1. The highest BCUT2D eigenvalue weighted by Crippen LogP contribution is 2.22. The lowest BCUT2D eigenvalue weighted by molar-refractivity contribution is 0.165. The van der Waals surface area contributed by atoms with Gasteiger partial charge in [-0.05, 0) is 40.4 Å². The highest BCUT2D eigenvalue weighted by Gasteiger charge is 2.18. The third-order valence-electron chi connectivity index (χ3n) is 3.19. The SMILES string of the molecule is CC(C)C(NCC(O)c1ccsc1)c1ccc(F)cn1. The van der Waals surface area contributed by atoms with Crippen LogP contribution in [0.4, 0.5) is 4.39 Å². The highest BCUT2D eigenvalue weighted by atomic mass is 32.1. The molecular weight excluding hydrogens is 275 g/mol. The average Bonchev–Trinajstić information content (AvgIpc) is 2.94. The Morgan fingerprint density at radius 2 is 2.15 bits per heavy atom. The molecule has 0 aliphatic rings. The first-order valence-electron chi connectivity index (χ1n) is 6.63. The van der Waals surface area contributed by atoms with E-state index in [-0.39, 0.29) is 11.9 Å². The summed E-state index contributed by atoms with van der Waals surface area (Å²) in [5.74, 6) is -0.0443. The Morgan fingerprint density at radius 3 is 2.70 bits per heavy atom. The second-order valence-corrected chi connectivity index (χ2v) is 5.88. The Kier molecular flexibility index (Phi) is 5.23. The molecule has 0 aliphatic carbocycles. The molecule has 0 amide bonds. The Morgan fingerprint density at radius 1 is 1.35 bits per heavy atom. The predicted molar refractivity (Wildman–Crippen MR) is 79.1 cm³/mol. The largest absolute Gasteiger partial charge is 0.387 e. The summed E-state index contributed by atoms with van der Waals surface area (Å²) in [5, 5.41) is 17.3. The molecule has 3 nitrogen and oxygen atoms in total. The number of halogens is 1. The first kappa shape index (κ1) is 15.1. The molecule has 0 aliphatic heterocycles. The van der Waals surface area contributed by atoms with E-state index in [1.54, 1.807) is 17.4 Å². The van der Waals surface area contributed by atoms with Crippen molar-refractivity contribution in [2.24, 2.45) is 5.92 Å². The molecule has 2 aromatic rings. The molecule has 0 fully saturated rings. The molecule has 5 heteroatoms. The number of hydrogen-bond donors (Lipinski definition) is 2. The normalized spacial score (nSPS) is 14.4. The van der Waals surface area contributed by atoms with Crippen molar-refractivity contribution >= 4 is 11.3 Å². The van der Waals surface area contributed by atoms with E-state index in [1.807, 2.05) is 16.8 Å². The molecule has 0 saturated carbocycles. The van der Waals surface area contributed by atoms with Crippen LogP contribution in [0.2, 0.25) is 0 Å². The third kappa shape index (κ3) is 3.85. The van der Waals surface area contributed by atoms with Crippen LogP contribution in [0.25, 0.3) is 0 Å². The van der Waals surface area contributed by atoms with Gasteiger partial charge in [-0.2, -0.15) is 11.3 Å². The molecule has 2 rings (SSSR count). The van der Waals surface area contributed by atoms with Crippen LogP contribution in [0, 0.1) is 11.7 Å². The van der Waals surface area contributed by atoms with Gasteiger partial charge in [0.25, 0.3) is 0 Å². The number of rotatable bonds is 6. The van der Waals surface area contributed by atoms with Gasteiger partial charge in [0.15, 0.2) is 0 Å². The summed E-state index contributed by atoms with van der Waals surface area (Å²) in [6.07, 6.45) is 0.685. The molecule has 2 unspecified atom stereocenters. The molecule has 20 heavy (non-hydrogen) atoms. The minimum atomic E-state index is -0.539. The molecule has 2 heterocycles. The van der Waals surface area contributed by atoms with Gasteiger partial charge in [-0.1, -0.05) is 13.8 Å². The van der Waals surface area contributed by atoms with Crippen molar-refractivity contribution in [2.75, 3.05) is 6.54 Å². The third-order valence-corrected chi connectivity index (χ3v) is 3.90. The van der Waals surface area contributed by atoms with Gasteiger partial charge < -0.3 is 10.4 Å². The van der Waals surface area contributed by atoms with E-state index in [2.05, 4.69) is 24.1 Å². The molecule has 2 aromatic heterocycles. The van der Waals surface area contributed by atoms with Crippen LogP contribution in [0.15, 0.2) is 35.2 Å². The minimum absolute atomic E-state index is 0.0103. The van der Waals surface area contributed by atoms with E-state index in [0.29, 0.717) is 12.5 Å². The molecule has 0 radical (unpaired) electrons. The zero-order valence-corrected chi connectivity index (χ0v) is 12.4. The average molecular weight is 294 g/mol. The first-order chi connectivity index (χ1) is 9.58. The number of aromatic nitrogens is 1. The molecule has 0 spiro atoms. The quantitative estimate of drug-likeness (QED) is 0.859. The molecular formula is C15H19FN2OS. The standard InChI is InChI=1S/C15H19FN2OS/c1-10(2)15(13-4-3-12(16)7-17-13)18-8-14(19)11-5-6-20-9-11/h3-7,9-10,14-15,18-19H,8H2,1-2H3. The van der Waals surface area contributed by atoms with Gasteiger partial charge >= 0.3 is 0 Å². The van der Waals surface area contributed by atoms with Crippen molar-refractivity contribution in [3.05, 3.63) is 52.2 Å². The summed E-state index contributed by atoms with van der Waals surface area (Å²) in [5.41, 5.74) is 1.70. The van der Waals surface area contributed by atoms with E-state index in [9.17, 15) is 9.50 Å². The van der Waals surface area contributed by atoms with E-state index in [1.165, 1.54) is 12.3 Å². The van der Waals surface area contributed by atoms with E-state index in [0.717, 1.165) is 11.3 Å². The highest BCUT2D eigenvalue weighted by molar-refractivity contribution is 7.07. The zero-order valence-electron chi connectivity index (χ0n) is 11.6. The van der Waals surface area contributed by atoms with Crippen molar-refractivity contribution in [2.45, 2.75) is 26.0 Å². The fourth-order valence-corrected chi connectivity index (χ4v) is 2.78. The van der Waals surface area contributed by atoms with E-state index >= 15 is 0 Å². The summed E-state index contributed by atoms with van der Waals surface area (Å²) >= 11 is 1.56. The van der Waals surface area contributed by atoms with E-state index in [4.69, 9.17) is 0 Å².